The summed E-state index contributed by atoms with van der Waals surface area (Å²) >= 11 is 0. The smallest absolute Gasteiger partial charge is 0.374 e. The number of rotatable bonds is 4. The molecule has 1 N–H and O–H groups in total. The Kier molecular flexibility index (Phi) is 3.49. The molecular formula is C12H11NO4. The van der Waals surface area contributed by atoms with E-state index in [-0.39, 0.29) is 0 Å². The fourth-order valence-electron chi connectivity index (χ4n) is 1.38. The standard InChI is InChI=1S/C12H11NO4/c1-12(7-13,10(14)11(15)16)8-3-5-9(17-2)6-4-8/h3-6H,1-2H3,(H,15,16). The average molecular weight is 233 g/mol. The minimum atomic E-state index is -1.68. The summed E-state index contributed by atoms with van der Waals surface area (Å²) in [5.74, 6) is -2.20. The number of hydrogen-bond acceptors (Lipinski definition) is 4. The maximum absolute atomic E-state index is 11.5. The van der Waals surface area contributed by atoms with Gasteiger partial charge in [-0.1, -0.05) is 12.1 Å². The number of aliphatic carboxylic acids is 1. The second kappa shape index (κ2) is 4.66. The van der Waals surface area contributed by atoms with E-state index < -0.39 is 17.2 Å². The first-order chi connectivity index (χ1) is 7.95. The molecule has 0 saturated carbocycles. The molecule has 0 aromatic heterocycles. The number of Topliss-reactive ketones (excluding diaryl/α,β-unsaturated/α-hetero) is 1. The molecule has 0 spiro atoms. The molecule has 1 atom stereocenters. The number of ether oxygens (including phenoxy) is 1. The lowest BCUT2D eigenvalue weighted by atomic mass is 9.80. The third-order valence-corrected chi connectivity index (χ3v) is 2.54. The van der Waals surface area contributed by atoms with E-state index in [4.69, 9.17) is 15.1 Å². The van der Waals surface area contributed by atoms with E-state index in [0.717, 1.165) is 0 Å². The van der Waals surface area contributed by atoms with Gasteiger partial charge in [-0.3, -0.25) is 4.79 Å². The van der Waals surface area contributed by atoms with Gasteiger partial charge in [-0.15, -0.1) is 0 Å². The highest BCUT2D eigenvalue weighted by Gasteiger charge is 2.39. The van der Waals surface area contributed by atoms with Crippen LogP contribution in [0.5, 0.6) is 5.75 Å². The lowest BCUT2D eigenvalue weighted by Gasteiger charge is -2.18. The Labute approximate surface area is 98.2 Å². The minimum absolute atomic E-state index is 0.327. The molecule has 1 aromatic rings. The number of ketones is 1. The number of carbonyl (C=O) groups excluding carboxylic acids is 1. The van der Waals surface area contributed by atoms with Gasteiger partial charge in [0.25, 0.3) is 5.78 Å². The molecule has 1 rings (SSSR count). The molecule has 0 heterocycles. The summed E-state index contributed by atoms with van der Waals surface area (Å²) in [5.41, 5.74) is -1.36. The summed E-state index contributed by atoms with van der Waals surface area (Å²) in [6.07, 6.45) is 0. The Hall–Kier alpha value is -2.35. The second-order valence-corrected chi connectivity index (χ2v) is 3.60. The third-order valence-electron chi connectivity index (χ3n) is 2.54. The molecule has 5 heteroatoms. The number of nitrogens with zero attached hydrogens (tertiary/aromatic N) is 1. The molecule has 0 saturated heterocycles. The van der Waals surface area contributed by atoms with Gasteiger partial charge < -0.3 is 9.84 Å². The van der Waals surface area contributed by atoms with Gasteiger partial charge in [-0.05, 0) is 24.6 Å². The van der Waals surface area contributed by atoms with Crippen molar-refractivity contribution in [2.24, 2.45) is 0 Å². The number of carboxylic acids is 1. The van der Waals surface area contributed by atoms with Crippen molar-refractivity contribution in [1.29, 1.82) is 5.26 Å². The summed E-state index contributed by atoms with van der Waals surface area (Å²) in [5, 5.41) is 17.7. The van der Waals surface area contributed by atoms with Crippen LogP contribution in [0.1, 0.15) is 12.5 Å². The zero-order valence-electron chi connectivity index (χ0n) is 9.43. The molecule has 5 nitrogen and oxygen atoms in total. The van der Waals surface area contributed by atoms with Crippen LogP contribution < -0.4 is 4.74 Å². The molecule has 1 aromatic carbocycles. The van der Waals surface area contributed by atoms with Crippen molar-refractivity contribution < 1.29 is 19.4 Å². The molecule has 0 aliphatic carbocycles. The van der Waals surface area contributed by atoms with Crippen molar-refractivity contribution in [2.75, 3.05) is 7.11 Å². The van der Waals surface area contributed by atoms with Crippen molar-refractivity contribution in [3.05, 3.63) is 29.8 Å². The first-order valence-electron chi connectivity index (χ1n) is 4.79. The van der Waals surface area contributed by atoms with Crippen LogP contribution in [-0.4, -0.2) is 24.0 Å². The van der Waals surface area contributed by atoms with Crippen LogP contribution in [0.4, 0.5) is 0 Å². The van der Waals surface area contributed by atoms with Gasteiger partial charge in [0.2, 0.25) is 0 Å². The Balaban J connectivity index is 3.22. The number of methoxy groups -OCH3 is 1. The van der Waals surface area contributed by atoms with Crippen LogP contribution in [0, 0.1) is 11.3 Å². The van der Waals surface area contributed by atoms with Crippen molar-refractivity contribution in [1.82, 2.24) is 0 Å². The highest BCUT2D eigenvalue weighted by atomic mass is 16.5. The number of nitriles is 1. The van der Waals surface area contributed by atoms with Gasteiger partial charge >= 0.3 is 5.97 Å². The lowest BCUT2D eigenvalue weighted by Crippen LogP contribution is -2.36. The number of carbonyl (C=O) groups is 2. The van der Waals surface area contributed by atoms with Gasteiger partial charge in [0, 0.05) is 0 Å². The molecule has 17 heavy (non-hydrogen) atoms. The molecule has 0 fully saturated rings. The monoisotopic (exact) mass is 233 g/mol. The Bertz CT molecular complexity index is 486. The highest BCUT2D eigenvalue weighted by Crippen LogP contribution is 2.26. The number of benzene rings is 1. The Morgan fingerprint density at radius 2 is 1.88 bits per heavy atom. The van der Waals surface area contributed by atoms with E-state index in [1.54, 1.807) is 18.2 Å². The van der Waals surface area contributed by atoms with E-state index in [9.17, 15) is 9.59 Å². The molecule has 0 bridgehead atoms. The van der Waals surface area contributed by atoms with Crippen LogP contribution in [0.15, 0.2) is 24.3 Å². The molecule has 1 unspecified atom stereocenters. The van der Waals surface area contributed by atoms with Crippen LogP contribution in [0.2, 0.25) is 0 Å². The maximum atomic E-state index is 11.5. The van der Waals surface area contributed by atoms with Gasteiger partial charge in [0.1, 0.15) is 11.2 Å². The molecule has 88 valence electrons. The van der Waals surface area contributed by atoms with E-state index >= 15 is 0 Å². The fraction of sp³-hybridized carbons (Fsp3) is 0.250. The van der Waals surface area contributed by atoms with Crippen molar-refractivity contribution >= 4 is 11.8 Å². The zero-order valence-corrected chi connectivity index (χ0v) is 9.43. The largest absolute Gasteiger partial charge is 0.497 e. The van der Waals surface area contributed by atoms with Crippen molar-refractivity contribution in [3.63, 3.8) is 0 Å². The second-order valence-electron chi connectivity index (χ2n) is 3.60. The molecule has 0 aliphatic rings. The summed E-state index contributed by atoms with van der Waals surface area (Å²) in [7, 11) is 1.49. The first-order valence-corrected chi connectivity index (χ1v) is 4.79. The van der Waals surface area contributed by atoms with Gasteiger partial charge in [-0.2, -0.15) is 5.26 Å². The topological polar surface area (TPSA) is 87.4 Å². The molecular weight excluding hydrogens is 222 g/mol. The normalized spacial score (nSPS) is 13.2. The SMILES string of the molecule is COc1ccc(C(C)(C#N)C(=O)C(=O)O)cc1. The lowest BCUT2D eigenvalue weighted by molar-refractivity contribution is -0.150. The molecule has 0 amide bonds. The van der Waals surface area contributed by atoms with E-state index in [0.29, 0.717) is 11.3 Å². The Morgan fingerprint density at radius 3 is 2.24 bits per heavy atom. The van der Waals surface area contributed by atoms with Crippen LogP contribution in [0.3, 0.4) is 0 Å². The number of hydrogen-bond donors (Lipinski definition) is 1. The summed E-state index contributed by atoms with van der Waals surface area (Å²) in [6, 6.07) is 7.89. The van der Waals surface area contributed by atoms with E-state index in [1.165, 1.54) is 26.2 Å². The summed E-state index contributed by atoms with van der Waals surface area (Å²) in [6.45, 7) is 1.28. The van der Waals surface area contributed by atoms with Gasteiger partial charge in [-0.25, -0.2) is 4.79 Å². The molecule has 0 aliphatic heterocycles. The van der Waals surface area contributed by atoms with E-state index in [2.05, 4.69) is 0 Å². The Morgan fingerprint density at radius 1 is 1.35 bits per heavy atom. The predicted octanol–water partition coefficient (Wildman–Crippen LogP) is 1.13. The third kappa shape index (κ3) is 2.26. The number of carboxylic acid groups (broad SMARTS) is 1. The maximum Gasteiger partial charge on any atom is 0.374 e. The minimum Gasteiger partial charge on any atom is -0.497 e. The van der Waals surface area contributed by atoms with Crippen LogP contribution in [-0.2, 0) is 15.0 Å². The zero-order chi connectivity index (χ0) is 13.1. The van der Waals surface area contributed by atoms with Gasteiger partial charge in [0.05, 0.1) is 13.2 Å². The fourth-order valence-corrected chi connectivity index (χ4v) is 1.38. The highest BCUT2D eigenvalue weighted by molar-refractivity contribution is 6.37. The first kappa shape index (κ1) is 12.7. The summed E-state index contributed by atoms with van der Waals surface area (Å²) in [4.78, 5) is 22.2. The molecule has 0 radical (unpaired) electrons. The van der Waals surface area contributed by atoms with E-state index in [1.807, 2.05) is 0 Å². The average Bonchev–Trinajstić information content (AvgIpc) is 2.36. The summed E-state index contributed by atoms with van der Waals surface area (Å²) < 4.78 is 4.94. The van der Waals surface area contributed by atoms with Crippen molar-refractivity contribution in [2.45, 2.75) is 12.3 Å². The van der Waals surface area contributed by atoms with Crippen molar-refractivity contribution in [3.8, 4) is 11.8 Å². The predicted molar refractivity (Wildman–Crippen MR) is 58.6 cm³/mol. The quantitative estimate of drug-likeness (QED) is 0.787. The van der Waals surface area contributed by atoms with Gasteiger partial charge in [0.15, 0.2) is 0 Å². The van der Waals surface area contributed by atoms with Crippen LogP contribution >= 0.6 is 0 Å². The van der Waals surface area contributed by atoms with Crippen LogP contribution in [0.25, 0.3) is 0 Å².